The van der Waals surface area contributed by atoms with Gasteiger partial charge in [-0.1, -0.05) is 12.1 Å². The minimum atomic E-state index is 0.727. The zero-order chi connectivity index (χ0) is 11.0. The van der Waals surface area contributed by atoms with Crippen molar-refractivity contribution in [2.24, 2.45) is 5.92 Å². The van der Waals surface area contributed by atoms with Gasteiger partial charge in [-0.15, -0.1) is 0 Å². The Hall–Kier alpha value is -0.290. The molecule has 86 valence electrons. The Kier molecular flexibility index (Phi) is 3.07. The molecule has 0 amide bonds. The van der Waals surface area contributed by atoms with Crippen LogP contribution in [0.2, 0.25) is 0 Å². The Labute approximate surface area is 111 Å². The molecule has 0 radical (unpaired) electrons. The number of nitrogens with one attached hydrogen (secondary N) is 1. The quantitative estimate of drug-likeness (QED) is 0.839. The van der Waals surface area contributed by atoms with Gasteiger partial charge in [0.05, 0.1) is 5.69 Å². The third kappa shape index (κ3) is 2.20. The number of para-hydroxylation sites is 1. The molecular formula is C13H17IN2. The van der Waals surface area contributed by atoms with Gasteiger partial charge >= 0.3 is 0 Å². The maximum atomic E-state index is 3.66. The number of rotatable bonds is 2. The number of piperazine rings is 1. The highest BCUT2D eigenvalue weighted by Crippen LogP contribution is 2.34. The van der Waals surface area contributed by atoms with Crippen LogP contribution in [0.5, 0.6) is 0 Å². The van der Waals surface area contributed by atoms with E-state index in [0.717, 1.165) is 25.0 Å². The first-order valence-electron chi connectivity index (χ1n) is 6.07. The molecule has 1 heterocycles. The molecule has 0 aromatic heterocycles. The van der Waals surface area contributed by atoms with Gasteiger partial charge in [0.15, 0.2) is 0 Å². The summed E-state index contributed by atoms with van der Waals surface area (Å²) in [5.74, 6) is 0.948. The molecule has 1 saturated heterocycles. The van der Waals surface area contributed by atoms with Crippen molar-refractivity contribution in [1.29, 1.82) is 0 Å². The number of hydrogen-bond acceptors (Lipinski definition) is 2. The van der Waals surface area contributed by atoms with Crippen LogP contribution >= 0.6 is 22.6 Å². The molecule has 3 heteroatoms. The Morgan fingerprint density at radius 2 is 2.06 bits per heavy atom. The van der Waals surface area contributed by atoms with Gasteiger partial charge in [-0.25, -0.2) is 0 Å². The van der Waals surface area contributed by atoms with Crippen LogP contribution in [0, 0.1) is 9.49 Å². The lowest BCUT2D eigenvalue weighted by molar-refractivity contribution is 0.418. The molecule has 3 rings (SSSR count). The summed E-state index contributed by atoms with van der Waals surface area (Å²) in [5, 5.41) is 3.66. The van der Waals surface area contributed by atoms with Crippen molar-refractivity contribution in [1.82, 2.24) is 5.32 Å². The van der Waals surface area contributed by atoms with Gasteiger partial charge in [0, 0.05) is 29.2 Å². The molecule has 1 aliphatic heterocycles. The van der Waals surface area contributed by atoms with E-state index in [-0.39, 0.29) is 0 Å². The third-order valence-corrected chi connectivity index (χ3v) is 4.50. The van der Waals surface area contributed by atoms with Crippen molar-refractivity contribution in [3.05, 3.63) is 27.8 Å². The van der Waals surface area contributed by atoms with Gasteiger partial charge in [-0.05, 0) is 53.5 Å². The van der Waals surface area contributed by atoms with Crippen molar-refractivity contribution in [3.63, 3.8) is 0 Å². The Morgan fingerprint density at radius 1 is 1.25 bits per heavy atom. The standard InChI is InChI=1S/C13H17IN2/c14-11-3-1-2-4-13(11)16-8-7-15-12(9-16)10-5-6-10/h1-4,10,12,15H,5-9H2. The van der Waals surface area contributed by atoms with Crippen LogP contribution in [0.3, 0.4) is 0 Å². The summed E-state index contributed by atoms with van der Waals surface area (Å²) >= 11 is 2.44. The van der Waals surface area contributed by atoms with Crippen molar-refractivity contribution in [2.45, 2.75) is 18.9 Å². The zero-order valence-electron chi connectivity index (χ0n) is 9.32. The maximum Gasteiger partial charge on any atom is 0.0502 e. The largest absolute Gasteiger partial charge is 0.368 e. The van der Waals surface area contributed by atoms with Gasteiger partial charge in [0.1, 0.15) is 0 Å². The van der Waals surface area contributed by atoms with Gasteiger partial charge < -0.3 is 10.2 Å². The molecule has 1 aromatic carbocycles. The van der Waals surface area contributed by atoms with Crippen molar-refractivity contribution < 1.29 is 0 Å². The number of nitrogens with zero attached hydrogens (tertiary/aromatic N) is 1. The van der Waals surface area contributed by atoms with Gasteiger partial charge in [-0.2, -0.15) is 0 Å². The van der Waals surface area contributed by atoms with Gasteiger partial charge in [0.25, 0.3) is 0 Å². The van der Waals surface area contributed by atoms with Crippen LogP contribution in [0.25, 0.3) is 0 Å². The smallest absolute Gasteiger partial charge is 0.0502 e. The molecule has 1 aromatic rings. The summed E-state index contributed by atoms with van der Waals surface area (Å²) in [4.78, 5) is 2.54. The fraction of sp³-hybridized carbons (Fsp3) is 0.538. The number of halogens is 1. The predicted molar refractivity (Wildman–Crippen MR) is 75.9 cm³/mol. The first-order chi connectivity index (χ1) is 7.84. The SMILES string of the molecule is Ic1ccccc1N1CCNC(C2CC2)C1. The first-order valence-corrected chi connectivity index (χ1v) is 7.15. The van der Waals surface area contributed by atoms with Crippen LogP contribution in [0.1, 0.15) is 12.8 Å². The van der Waals surface area contributed by atoms with Gasteiger partial charge in [-0.3, -0.25) is 0 Å². The van der Waals surface area contributed by atoms with Crippen LogP contribution in [-0.4, -0.2) is 25.7 Å². The number of hydrogen-bond donors (Lipinski definition) is 1. The Balaban J connectivity index is 1.76. The molecule has 16 heavy (non-hydrogen) atoms. The second-order valence-electron chi connectivity index (χ2n) is 4.80. The summed E-state index contributed by atoms with van der Waals surface area (Å²) < 4.78 is 1.37. The minimum absolute atomic E-state index is 0.727. The van der Waals surface area contributed by atoms with Crippen LogP contribution in [-0.2, 0) is 0 Å². The average molecular weight is 328 g/mol. The number of benzene rings is 1. The highest BCUT2D eigenvalue weighted by Gasteiger charge is 2.34. The molecule has 1 saturated carbocycles. The molecule has 2 aliphatic rings. The first kappa shape index (κ1) is 10.8. The minimum Gasteiger partial charge on any atom is -0.368 e. The lowest BCUT2D eigenvalue weighted by atomic mass is 10.1. The van der Waals surface area contributed by atoms with Crippen molar-refractivity contribution in [3.8, 4) is 0 Å². The van der Waals surface area contributed by atoms with E-state index in [1.165, 1.54) is 28.6 Å². The molecule has 1 atom stereocenters. The molecule has 0 spiro atoms. The molecule has 0 bridgehead atoms. The third-order valence-electron chi connectivity index (χ3n) is 3.59. The molecule has 1 unspecified atom stereocenters. The average Bonchev–Trinajstić information content (AvgIpc) is 3.14. The summed E-state index contributed by atoms with van der Waals surface area (Å²) in [7, 11) is 0. The lowest BCUT2D eigenvalue weighted by Crippen LogP contribution is -2.52. The van der Waals surface area contributed by atoms with E-state index in [2.05, 4.69) is 57.1 Å². The van der Waals surface area contributed by atoms with E-state index >= 15 is 0 Å². The highest BCUT2D eigenvalue weighted by atomic mass is 127. The summed E-state index contributed by atoms with van der Waals surface area (Å²) in [6.45, 7) is 3.46. The van der Waals surface area contributed by atoms with E-state index in [4.69, 9.17) is 0 Å². The molecular weight excluding hydrogens is 311 g/mol. The van der Waals surface area contributed by atoms with Gasteiger partial charge in [0.2, 0.25) is 0 Å². The van der Waals surface area contributed by atoms with Crippen LogP contribution in [0.4, 0.5) is 5.69 Å². The fourth-order valence-corrected chi connectivity index (χ4v) is 3.25. The monoisotopic (exact) mass is 328 g/mol. The summed E-state index contributed by atoms with van der Waals surface area (Å²) in [6.07, 6.45) is 2.86. The zero-order valence-corrected chi connectivity index (χ0v) is 11.5. The van der Waals surface area contributed by atoms with Crippen LogP contribution < -0.4 is 10.2 Å². The second-order valence-corrected chi connectivity index (χ2v) is 5.96. The van der Waals surface area contributed by atoms with E-state index < -0.39 is 0 Å². The Bertz CT molecular complexity index is 376. The van der Waals surface area contributed by atoms with E-state index in [0.29, 0.717) is 0 Å². The fourth-order valence-electron chi connectivity index (χ4n) is 2.52. The Morgan fingerprint density at radius 3 is 2.81 bits per heavy atom. The van der Waals surface area contributed by atoms with E-state index in [1.807, 2.05) is 0 Å². The molecule has 1 aliphatic carbocycles. The maximum absolute atomic E-state index is 3.66. The second kappa shape index (κ2) is 4.53. The van der Waals surface area contributed by atoms with Crippen molar-refractivity contribution in [2.75, 3.05) is 24.5 Å². The summed E-state index contributed by atoms with van der Waals surface area (Å²) in [6, 6.07) is 9.43. The highest BCUT2D eigenvalue weighted by molar-refractivity contribution is 14.1. The molecule has 2 fully saturated rings. The van der Waals surface area contributed by atoms with E-state index in [9.17, 15) is 0 Å². The molecule has 2 nitrogen and oxygen atoms in total. The summed E-state index contributed by atoms with van der Waals surface area (Å²) in [5.41, 5.74) is 1.41. The molecule has 1 N–H and O–H groups in total. The van der Waals surface area contributed by atoms with Crippen molar-refractivity contribution >= 4 is 28.3 Å². The van der Waals surface area contributed by atoms with E-state index in [1.54, 1.807) is 0 Å². The number of anilines is 1. The predicted octanol–water partition coefficient (Wildman–Crippen LogP) is 2.48. The topological polar surface area (TPSA) is 15.3 Å². The van der Waals surface area contributed by atoms with Crippen LogP contribution in [0.15, 0.2) is 24.3 Å². The lowest BCUT2D eigenvalue weighted by Gasteiger charge is -2.36. The normalized spacial score (nSPS) is 25.8.